The first kappa shape index (κ1) is 11.8. The Kier molecular flexibility index (Phi) is 2.68. The summed E-state index contributed by atoms with van der Waals surface area (Å²) in [6.45, 7) is 0. The molecule has 3 nitrogen and oxygen atoms in total. The zero-order valence-corrected chi connectivity index (χ0v) is 10.8. The number of hydrogen-bond acceptors (Lipinski definition) is 2. The lowest BCUT2D eigenvalue weighted by atomic mass is 9.76. The van der Waals surface area contributed by atoms with E-state index >= 15 is 0 Å². The van der Waals surface area contributed by atoms with Gasteiger partial charge < -0.3 is 15.4 Å². The molecule has 1 aliphatic carbocycles. The van der Waals surface area contributed by atoms with Crippen molar-refractivity contribution in [2.24, 2.45) is 12.8 Å². The Bertz CT molecular complexity index is 565. The molecule has 0 amide bonds. The second kappa shape index (κ2) is 4.11. The molecular weight excluding hydrogens is 224 g/mol. The minimum atomic E-state index is -0.287. The highest BCUT2D eigenvalue weighted by Crippen LogP contribution is 2.38. The summed E-state index contributed by atoms with van der Waals surface area (Å²) in [5.41, 5.74) is 8.78. The van der Waals surface area contributed by atoms with E-state index in [9.17, 15) is 5.11 Å². The fourth-order valence-electron chi connectivity index (χ4n) is 3.14. The number of nitrogens with zero attached hydrogens (tertiary/aromatic N) is 1. The first-order valence-electron chi connectivity index (χ1n) is 6.62. The van der Waals surface area contributed by atoms with Crippen molar-refractivity contribution in [2.75, 3.05) is 0 Å². The van der Waals surface area contributed by atoms with Crippen LogP contribution in [0.1, 0.15) is 31.2 Å². The van der Waals surface area contributed by atoms with Crippen molar-refractivity contribution >= 4 is 10.9 Å². The third kappa shape index (κ3) is 1.74. The highest BCUT2D eigenvalue weighted by Gasteiger charge is 2.34. The lowest BCUT2D eigenvalue weighted by Crippen LogP contribution is -2.41. The molecule has 3 N–H and O–H groups in total. The molecule has 1 aliphatic rings. The number of para-hydroxylation sites is 1. The van der Waals surface area contributed by atoms with Crippen LogP contribution in [0.15, 0.2) is 30.5 Å². The summed E-state index contributed by atoms with van der Waals surface area (Å²) in [6, 6.07) is 8.47. The number of aromatic nitrogens is 1. The highest BCUT2D eigenvalue weighted by atomic mass is 16.3. The van der Waals surface area contributed by atoms with Crippen molar-refractivity contribution in [3.63, 3.8) is 0 Å². The van der Waals surface area contributed by atoms with Gasteiger partial charge in [0.25, 0.3) is 0 Å². The van der Waals surface area contributed by atoms with Gasteiger partial charge in [0.1, 0.15) is 0 Å². The molecule has 18 heavy (non-hydrogen) atoms. The van der Waals surface area contributed by atoms with E-state index in [-0.39, 0.29) is 11.6 Å². The summed E-state index contributed by atoms with van der Waals surface area (Å²) in [5, 5.41) is 10.9. The second-order valence-corrected chi connectivity index (χ2v) is 5.56. The van der Waals surface area contributed by atoms with Crippen molar-refractivity contribution < 1.29 is 5.11 Å². The van der Waals surface area contributed by atoms with Crippen molar-refractivity contribution in [1.82, 2.24) is 4.57 Å². The third-order valence-electron chi connectivity index (χ3n) is 4.28. The van der Waals surface area contributed by atoms with Gasteiger partial charge in [-0.1, -0.05) is 18.2 Å². The van der Waals surface area contributed by atoms with Crippen LogP contribution < -0.4 is 5.73 Å². The maximum atomic E-state index is 9.66. The van der Waals surface area contributed by atoms with Crippen molar-refractivity contribution in [1.29, 1.82) is 0 Å². The van der Waals surface area contributed by atoms with E-state index in [1.807, 2.05) is 0 Å². The van der Waals surface area contributed by atoms with Gasteiger partial charge in [0, 0.05) is 18.8 Å². The number of aliphatic hydroxyl groups is 1. The van der Waals surface area contributed by atoms with E-state index in [0.29, 0.717) is 0 Å². The Morgan fingerprint density at radius 2 is 2.00 bits per heavy atom. The van der Waals surface area contributed by atoms with Crippen LogP contribution in [-0.2, 0) is 12.6 Å². The number of aryl methyl sites for hydroxylation is 1. The van der Waals surface area contributed by atoms with E-state index in [1.54, 1.807) is 0 Å². The average Bonchev–Trinajstić information content (AvgIpc) is 2.75. The van der Waals surface area contributed by atoms with Crippen molar-refractivity contribution in [3.05, 3.63) is 36.0 Å². The SMILES string of the molecule is Cn1ccc2cccc(C3(N)CCC(O)CC3)c21. The minimum Gasteiger partial charge on any atom is -0.393 e. The fourth-order valence-corrected chi connectivity index (χ4v) is 3.14. The van der Waals surface area contributed by atoms with Gasteiger partial charge in [-0.2, -0.15) is 0 Å². The molecule has 3 rings (SSSR count). The van der Waals surface area contributed by atoms with E-state index in [1.165, 1.54) is 16.5 Å². The molecule has 0 unspecified atom stereocenters. The van der Waals surface area contributed by atoms with Crippen LogP contribution in [0.3, 0.4) is 0 Å². The van der Waals surface area contributed by atoms with Crippen LogP contribution in [0.4, 0.5) is 0 Å². The van der Waals surface area contributed by atoms with Crippen molar-refractivity contribution in [2.45, 2.75) is 37.3 Å². The lowest BCUT2D eigenvalue weighted by Gasteiger charge is -2.36. The largest absolute Gasteiger partial charge is 0.393 e. The number of rotatable bonds is 1. The number of nitrogens with two attached hydrogens (primary N) is 1. The average molecular weight is 244 g/mol. The van der Waals surface area contributed by atoms with Crippen LogP contribution in [-0.4, -0.2) is 15.8 Å². The Hall–Kier alpha value is -1.32. The number of benzene rings is 1. The van der Waals surface area contributed by atoms with Gasteiger partial charge in [0.15, 0.2) is 0 Å². The van der Waals surface area contributed by atoms with E-state index in [2.05, 4.69) is 42.1 Å². The molecule has 0 radical (unpaired) electrons. The monoisotopic (exact) mass is 244 g/mol. The molecule has 96 valence electrons. The topological polar surface area (TPSA) is 51.2 Å². The van der Waals surface area contributed by atoms with Crippen molar-refractivity contribution in [3.8, 4) is 0 Å². The molecule has 1 aromatic heterocycles. The molecule has 3 heteroatoms. The van der Waals surface area contributed by atoms with Gasteiger partial charge in [-0.25, -0.2) is 0 Å². The van der Waals surface area contributed by atoms with Crippen LogP contribution in [0.2, 0.25) is 0 Å². The molecule has 2 aromatic rings. The van der Waals surface area contributed by atoms with E-state index in [0.717, 1.165) is 25.7 Å². The number of hydrogen-bond donors (Lipinski definition) is 2. The van der Waals surface area contributed by atoms with Gasteiger partial charge in [-0.3, -0.25) is 0 Å². The maximum Gasteiger partial charge on any atom is 0.0541 e. The molecule has 0 atom stereocenters. The molecule has 0 spiro atoms. The molecule has 1 aromatic carbocycles. The summed E-state index contributed by atoms with van der Waals surface area (Å²) in [6.07, 6.45) is 5.23. The van der Waals surface area contributed by atoms with E-state index < -0.39 is 0 Å². The Labute approximate surface area is 107 Å². The zero-order chi connectivity index (χ0) is 12.8. The standard InChI is InChI=1S/C15H20N2O/c1-17-10-7-11-3-2-4-13(14(11)17)15(16)8-5-12(18)6-9-15/h2-4,7,10,12,18H,5-6,8-9,16H2,1H3. The summed E-state index contributed by atoms with van der Waals surface area (Å²) in [4.78, 5) is 0. The van der Waals surface area contributed by atoms with Crippen LogP contribution in [0.25, 0.3) is 10.9 Å². The molecule has 0 bridgehead atoms. The maximum absolute atomic E-state index is 9.66. The molecule has 1 saturated carbocycles. The Balaban J connectivity index is 2.11. The predicted molar refractivity (Wildman–Crippen MR) is 73.3 cm³/mol. The molecule has 1 heterocycles. The normalized spacial score (nSPS) is 28.7. The van der Waals surface area contributed by atoms with Crippen LogP contribution in [0.5, 0.6) is 0 Å². The molecule has 1 fully saturated rings. The van der Waals surface area contributed by atoms with Gasteiger partial charge in [0.2, 0.25) is 0 Å². The summed E-state index contributed by atoms with van der Waals surface area (Å²) in [5.74, 6) is 0. The summed E-state index contributed by atoms with van der Waals surface area (Å²) >= 11 is 0. The Morgan fingerprint density at radius 3 is 2.72 bits per heavy atom. The second-order valence-electron chi connectivity index (χ2n) is 5.56. The molecule has 0 saturated heterocycles. The van der Waals surface area contributed by atoms with Crippen LogP contribution >= 0.6 is 0 Å². The highest BCUT2D eigenvalue weighted by molar-refractivity contribution is 5.84. The van der Waals surface area contributed by atoms with Gasteiger partial charge in [-0.05, 0) is 42.7 Å². The smallest absolute Gasteiger partial charge is 0.0541 e. The van der Waals surface area contributed by atoms with Crippen LogP contribution in [0, 0.1) is 0 Å². The summed E-state index contributed by atoms with van der Waals surface area (Å²) in [7, 11) is 2.06. The predicted octanol–water partition coefficient (Wildman–Crippen LogP) is 2.27. The van der Waals surface area contributed by atoms with Gasteiger partial charge in [-0.15, -0.1) is 0 Å². The third-order valence-corrected chi connectivity index (χ3v) is 4.28. The summed E-state index contributed by atoms with van der Waals surface area (Å²) < 4.78 is 2.14. The first-order valence-corrected chi connectivity index (χ1v) is 6.62. The van der Waals surface area contributed by atoms with E-state index in [4.69, 9.17) is 5.73 Å². The first-order chi connectivity index (χ1) is 8.60. The Morgan fingerprint density at radius 1 is 1.28 bits per heavy atom. The minimum absolute atomic E-state index is 0.172. The number of fused-ring (bicyclic) bond motifs is 1. The fraction of sp³-hybridized carbons (Fsp3) is 0.467. The molecule has 0 aliphatic heterocycles. The lowest BCUT2D eigenvalue weighted by molar-refractivity contribution is 0.0972. The van der Waals surface area contributed by atoms with Gasteiger partial charge in [0.05, 0.1) is 11.6 Å². The van der Waals surface area contributed by atoms with Gasteiger partial charge >= 0.3 is 0 Å². The quantitative estimate of drug-likeness (QED) is 0.808. The molecular formula is C15H20N2O. The number of aliphatic hydroxyl groups excluding tert-OH is 1. The zero-order valence-electron chi connectivity index (χ0n) is 10.8.